The van der Waals surface area contributed by atoms with E-state index in [-0.39, 0.29) is 6.54 Å². The molecule has 29 heavy (non-hydrogen) atoms. The molecule has 2 aromatic carbocycles. The third kappa shape index (κ3) is 5.52. The molecule has 0 atom stereocenters. The molecule has 10 heteroatoms. The minimum absolute atomic E-state index is 0.263. The number of carbonyl (C=O) groups is 2. The maximum atomic E-state index is 11.9. The lowest BCUT2D eigenvalue weighted by Crippen LogP contribution is -2.23. The molecule has 0 unspecified atom stereocenters. The third-order valence-corrected chi connectivity index (χ3v) is 4.13. The van der Waals surface area contributed by atoms with Gasteiger partial charge in [-0.15, -0.1) is 10.2 Å². The summed E-state index contributed by atoms with van der Waals surface area (Å²) in [5, 5.41) is 14.8. The van der Waals surface area contributed by atoms with Crippen LogP contribution in [0.25, 0.3) is 11.4 Å². The normalized spacial score (nSPS) is 10.4. The number of rotatable bonds is 7. The molecule has 3 rings (SSSR count). The van der Waals surface area contributed by atoms with Crippen molar-refractivity contribution in [2.45, 2.75) is 13.5 Å². The van der Waals surface area contributed by atoms with Crippen LogP contribution in [0.3, 0.4) is 0 Å². The molecule has 0 saturated carbocycles. The fourth-order valence-corrected chi connectivity index (χ4v) is 2.63. The number of aryl methyl sites for hydroxylation is 1. The van der Waals surface area contributed by atoms with Crippen molar-refractivity contribution in [2.24, 2.45) is 0 Å². The number of aromatic nitrogens is 4. The van der Waals surface area contributed by atoms with E-state index in [1.165, 1.54) is 13.2 Å². The summed E-state index contributed by atoms with van der Waals surface area (Å²) in [6.45, 7) is 1.26. The minimum atomic E-state index is -0.666. The van der Waals surface area contributed by atoms with Gasteiger partial charge in [0.2, 0.25) is 5.82 Å². The molecule has 1 aromatic heterocycles. The van der Waals surface area contributed by atoms with Gasteiger partial charge in [-0.1, -0.05) is 41.4 Å². The van der Waals surface area contributed by atoms with Gasteiger partial charge in [-0.2, -0.15) is 4.80 Å². The van der Waals surface area contributed by atoms with Crippen LogP contribution in [0.5, 0.6) is 5.75 Å². The first kappa shape index (κ1) is 20.3. The van der Waals surface area contributed by atoms with E-state index >= 15 is 0 Å². The van der Waals surface area contributed by atoms with Crippen molar-refractivity contribution in [3.63, 3.8) is 0 Å². The van der Waals surface area contributed by atoms with Gasteiger partial charge in [0.25, 0.3) is 5.91 Å². The van der Waals surface area contributed by atoms with E-state index in [0.29, 0.717) is 22.3 Å². The Balaban J connectivity index is 1.49. The largest absolute Gasteiger partial charge is 0.495 e. The first-order chi connectivity index (χ1) is 13.9. The summed E-state index contributed by atoms with van der Waals surface area (Å²) in [6.07, 6.45) is 0. The second kappa shape index (κ2) is 9.16. The van der Waals surface area contributed by atoms with Gasteiger partial charge in [0.15, 0.2) is 13.2 Å². The van der Waals surface area contributed by atoms with E-state index in [1.807, 2.05) is 31.2 Å². The standard InChI is InChI=1S/C19H18ClN5O4/c1-12-3-5-13(6-4-12)19-22-24-25(23-19)10-18(27)29-11-17(26)21-14-7-8-16(28-2)15(20)9-14/h3-9H,10-11H2,1-2H3,(H,21,26). The first-order valence-corrected chi connectivity index (χ1v) is 8.96. The van der Waals surface area contributed by atoms with Crippen LogP contribution in [0, 0.1) is 6.92 Å². The van der Waals surface area contributed by atoms with Gasteiger partial charge in [-0.3, -0.25) is 4.79 Å². The highest BCUT2D eigenvalue weighted by Crippen LogP contribution is 2.27. The molecule has 9 nitrogen and oxygen atoms in total. The predicted octanol–water partition coefficient (Wildman–Crippen LogP) is 2.49. The number of halogens is 1. The number of ether oxygens (including phenoxy) is 2. The zero-order chi connectivity index (χ0) is 20.8. The summed E-state index contributed by atoms with van der Waals surface area (Å²) in [4.78, 5) is 25.0. The van der Waals surface area contributed by atoms with Crippen molar-refractivity contribution in [3.05, 3.63) is 53.1 Å². The van der Waals surface area contributed by atoms with Gasteiger partial charge in [-0.25, -0.2) is 4.79 Å². The number of carbonyl (C=O) groups excluding carboxylic acids is 2. The molecule has 1 N–H and O–H groups in total. The molecule has 3 aromatic rings. The number of methoxy groups -OCH3 is 1. The molecular weight excluding hydrogens is 398 g/mol. The molecule has 0 bridgehead atoms. The van der Waals surface area contributed by atoms with Crippen LogP contribution >= 0.6 is 11.6 Å². The van der Waals surface area contributed by atoms with Gasteiger partial charge in [0, 0.05) is 11.3 Å². The van der Waals surface area contributed by atoms with Crippen molar-refractivity contribution in [1.29, 1.82) is 0 Å². The number of tetrazole rings is 1. The number of nitrogens with zero attached hydrogens (tertiary/aromatic N) is 4. The number of hydrogen-bond acceptors (Lipinski definition) is 7. The van der Waals surface area contributed by atoms with E-state index in [9.17, 15) is 9.59 Å². The van der Waals surface area contributed by atoms with Crippen LogP contribution in [-0.2, 0) is 20.9 Å². The van der Waals surface area contributed by atoms with Crippen LogP contribution in [0.1, 0.15) is 5.56 Å². The highest BCUT2D eigenvalue weighted by Gasteiger charge is 2.13. The lowest BCUT2D eigenvalue weighted by atomic mass is 10.1. The number of anilines is 1. The Morgan fingerprint density at radius 1 is 1.17 bits per heavy atom. The maximum absolute atomic E-state index is 11.9. The summed E-state index contributed by atoms with van der Waals surface area (Å²) in [5.74, 6) is -0.291. The van der Waals surface area contributed by atoms with Gasteiger partial charge < -0.3 is 14.8 Å². The molecule has 0 saturated heterocycles. The SMILES string of the molecule is COc1ccc(NC(=O)COC(=O)Cn2nnc(-c3ccc(C)cc3)n2)cc1Cl. The summed E-state index contributed by atoms with van der Waals surface area (Å²) in [5.41, 5.74) is 2.35. The highest BCUT2D eigenvalue weighted by atomic mass is 35.5. The summed E-state index contributed by atoms with van der Waals surface area (Å²) in [6, 6.07) is 12.4. The maximum Gasteiger partial charge on any atom is 0.330 e. The fraction of sp³-hybridized carbons (Fsp3) is 0.211. The second-order valence-electron chi connectivity index (χ2n) is 6.07. The van der Waals surface area contributed by atoms with Crippen LogP contribution in [-0.4, -0.2) is 45.8 Å². The summed E-state index contributed by atoms with van der Waals surface area (Å²) in [7, 11) is 1.49. The Morgan fingerprint density at radius 3 is 2.62 bits per heavy atom. The number of esters is 1. The van der Waals surface area contributed by atoms with Gasteiger partial charge in [0.1, 0.15) is 5.75 Å². The molecule has 1 amide bonds. The fourth-order valence-electron chi connectivity index (χ4n) is 2.38. The molecule has 0 aliphatic carbocycles. The average molecular weight is 416 g/mol. The van der Waals surface area contributed by atoms with Gasteiger partial charge >= 0.3 is 5.97 Å². The van der Waals surface area contributed by atoms with Gasteiger partial charge in [-0.05, 0) is 30.3 Å². The Bertz CT molecular complexity index is 1020. The van der Waals surface area contributed by atoms with Crippen molar-refractivity contribution in [1.82, 2.24) is 20.2 Å². The zero-order valence-electron chi connectivity index (χ0n) is 15.8. The van der Waals surface area contributed by atoms with E-state index < -0.39 is 18.5 Å². The molecule has 0 aliphatic heterocycles. The lowest BCUT2D eigenvalue weighted by molar-refractivity contribution is -0.148. The van der Waals surface area contributed by atoms with Crippen molar-refractivity contribution < 1.29 is 19.1 Å². The first-order valence-electron chi connectivity index (χ1n) is 8.58. The van der Waals surface area contributed by atoms with Crippen molar-refractivity contribution in [2.75, 3.05) is 19.0 Å². The quantitative estimate of drug-likeness (QED) is 0.590. The van der Waals surface area contributed by atoms with Crippen LogP contribution in [0.4, 0.5) is 5.69 Å². The monoisotopic (exact) mass is 415 g/mol. The number of benzene rings is 2. The molecule has 1 heterocycles. The van der Waals surface area contributed by atoms with Crippen LogP contribution < -0.4 is 10.1 Å². The van der Waals surface area contributed by atoms with E-state index in [2.05, 4.69) is 20.7 Å². The minimum Gasteiger partial charge on any atom is -0.495 e. The van der Waals surface area contributed by atoms with E-state index in [0.717, 1.165) is 15.9 Å². The van der Waals surface area contributed by atoms with Crippen LogP contribution in [0.15, 0.2) is 42.5 Å². The second-order valence-corrected chi connectivity index (χ2v) is 6.47. The Kier molecular flexibility index (Phi) is 6.40. The number of hydrogen-bond donors (Lipinski definition) is 1. The van der Waals surface area contributed by atoms with Crippen molar-refractivity contribution in [3.8, 4) is 17.1 Å². The van der Waals surface area contributed by atoms with Crippen LogP contribution in [0.2, 0.25) is 5.02 Å². The molecule has 150 valence electrons. The molecule has 0 fully saturated rings. The molecular formula is C19H18ClN5O4. The number of nitrogens with one attached hydrogen (secondary N) is 1. The molecule has 0 radical (unpaired) electrons. The topological polar surface area (TPSA) is 108 Å². The predicted molar refractivity (Wildman–Crippen MR) is 106 cm³/mol. The number of amides is 1. The van der Waals surface area contributed by atoms with Gasteiger partial charge in [0.05, 0.1) is 12.1 Å². The van der Waals surface area contributed by atoms with E-state index in [1.54, 1.807) is 12.1 Å². The average Bonchev–Trinajstić information content (AvgIpc) is 3.15. The lowest BCUT2D eigenvalue weighted by Gasteiger charge is -2.08. The highest BCUT2D eigenvalue weighted by molar-refractivity contribution is 6.32. The summed E-state index contributed by atoms with van der Waals surface area (Å²) < 4.78 is 9.99. The Hall–Kier alpha value is -3.46. The zero-order valence-corrected chi connectivity index (χ0v) is 16.5. The molecule has 0 spiro atoms. The molecule has 0 aliphatic rings. The Labute approximate surface area is 171 Å². The van der Waals surface area contributed by atoms with Crippen molar-refractivity contribution >= 4 is 29.2 Å². The Morgan fingerprint density at radius 2 is 1.93 bits per heavy atom. The smallest absolute Gasteiger partial charge is 0.330 e. The third-order valence-electron chi connectivity index (χ3n) is 3.83. The summed E-state index contributed by atoms with van der Waals surface area (Å²) >= 11 is 6.00. The van der Waals surface area contributed by atoms with E-state index in [4.69, 9.17) is 21.1 Å².